The molecule has 3 rings (SSSR count). The molecule has 7 nitrogen and oxygen atoms in total. The Hall–Kier alpha value is -2.83. The molecular weight excluding hydrogens is 280 g/mol. The van der Waals surface area contributed by atoms with Gasteiger partial charge in [0, 0.05) is 25.2 Å². The van der Waals surface area contributed by atoms with Crippen LogP contribution in [0.1, 0.15) is 12.8 Å². The molecule has 0 bridgehead atoms. The highest BCUT2D eigenvalue weighted by Gasteiger charge is 2.19. The van der Waals surface area contributed by atoms with E-state index < -0.39 is 0 Å². The van der Waals surface area contributed by atoms with E-state index in [0.717, 1.165) is 24.2 Å². The fourth-order valence-corrected chi connectivity index (χ4v) is 2.17. The maximum Gasteiger partial charge on any atom is 0.248 e. The average Bonchev–Trinajstić information content (AvgIpc) is 2.98. The molecule has 7 heteroatoms. The van der Waals surface area contributed by atoms with Crippen molar-refractivity contribution in [3.63, 3.8) is 0 Å². The predicted molar refractivity (Wildman–Crippen MR) is 83.1 cm³/mol. The van der Waals surface area contributed by atoms with Gasteiger partial charge in [-0.1, -0.05) is 6.07 Å². The van der Waals surface area contributed by atoms with Gasteiger partial charge in [0.2, 0.25) is 11.9 Å². The lowest BCUT2D eigenvalue weighted by atomic mass is 10.1. The van der Waals surface area contributed by atoms with Crippen molar-refractivity contribution in [3.05, 3.63) is 36.7 Å². The molecule has 22 heavy (non-hydrogen) atoms. The summed E-state index contributed by atoms with van der Waals surface area (Å²) in [5, 5.41) is 6.92. The van der Waals surface area contributed by atoms with E-state index in [9.17, 15) is 4.79 Å². The molecule has 2 aromatic rings. The summed E-state index contributed by atoms with van der Waals surface area (Å²) in [6, 6.07) is 7.52. The number of aromatic nitrogens is 3. The average molecular weight is 296 g/mol. The van der Waals surface area contributed by atoms with Crippen LogP contribution in [0.25, 0.3) is 11.4 Å². The van der Waals surface area contributed by atoms with Crippen LogP contribution < -0.4 is 10.7 Å². The first-order valence-electron chi connectivity index (χ1n) is 7.14. The lowest BCUT2D eigenvalue weighted by molar-refractivity contribution is -0.122. The lowest BCUT2D eigenvalue weighted by Crippen LogP contribution is -2.20. The summed E-state index contributed by atoms with van der Waals surface area (Å²) in [7, 11) is 0. The minimum absolute atomic E-state index is 0.0339. The van der Waals surface area contributed by atoms with Crippen LogP contribution in [0.4, 0.5) is 5.95 Å². The summed E-state index contributed by atoms with van der Waals surface area (Å²) in [6.45, 7) is 0.698. The number of hydrogen-bond donors (Lipinski definition) is 2. The number of nitrogens with zero attached hydrogens (tertiary/aromatic N) is 4. The van der Waals surface area contributed by atoms with Gasteiger partial charge in [-0.2, -0.15) is 5.10 Å². The molecule has 0 radical (unpaired) electrons. The van der Waals surface area contributed by atoms with Crippen LogP contribution in [0.15, 0.2) is 41.8 Å². The van der Waals surface area contributed by atoms with Crippen molar-refractivity contribution in [3.8, 4) is 11.4 Å². The number of carbonyl (C=O) groups excluding carboxylic acids is 1. The largest absolute Gasteiger partial charge is 0.354 e. The van der Waals surface area contributed by atoms with Gasteiger partial charge in [-0.05, 0) is 31.0 Å². The van der Waals surface area contributed by atoms with Crippen LogP contribution in [0.5, 0.6) is 0 Å². The third-order valence-electron chi connectivity index (χ3n) is 3.32. The van der Waals surface area contributed by atoms with Crippen LogP contribution in [0, 0.1) is 5.92 Å². The summed E-state index contributed by atoms with van der Waals surface area (Å²) >= 11 is 0. The maximum atomic E-state index is 11.4. The van der Waals surface area contributed by atoms with Crippen molar-refractivity contribution in [1.29, 1.82) is 0 Å². The molecule has 0 fully saturated rings. The van der Waals surface area contributed by atoms with E-state index in [0.29, 0.717) is 12.5 Å². The number of pyridine rings is 1. The van der Waals surface area contributed by atoms with Crippen molar-refractivity contribution in [1.82, 2.24) is 20.4 Å². The van der Waals surface area contributed by atoms with Crippen LogP contribution in [0.3, 0.4) is 0 Å². The molecule has 3 heterocycles. The van der Waals surface area contributed by atoms with Gasteiger partial charge in [-0.3, -0.25) is 9.78 Å². The standard InChI is InChI=1S/C15H16N6O/c22-14-11(10-19-21-14)4-3-8-17-15-18-9-6-13(20-15)12-5-1-2-7-16-12/h1-2,5-7,9-11H,3-4,8H2,(H,21,22)(H,17,18,20). The van der Waals surface area contributed by atoms with E-state index >= 15 is 0 Å². The second kappa shape index (κ2) is 6.75. The second-order valence-electron chi connectivity index (χ2n) is 4.91. The van der Waals surface area contributed by atoms with Gasteiger partial charge in [0.05, 0.1) is 17.3 Å². The number of hydrogen-bond acceptors (Lipinski definition) is 6. The zero-order chi connectivity index (χ0) is 15.2. The Morgan fingerprint density at radius 2 is 2.09 bits per heavy atom. The Kier molecular flexibility index (Phi) is 4.33. The third kappa shape index (κ3) is 3.43. The number of nitrogens with one attached hydrogen (secondary N) is 2. The number of rotatable bonds is 6. The van der Waals surface area contributed by atoms with Crippen molar-refractivity contribution in [2.45, 2.75) is 12.8 Å². The molecule has 1 atom stereocenters. The van der Waals surface area contributed by atoms with Gasteiger partial charge in [0.1, 0.15) is 0 Å². The first-order chi connectivity index (χ1) is 10.8. The highest BCUT2D eigenvalue weighted by Crippen LogP contribution is 2.14. The van der Waals surface area contributed by atoms with E-state index in [4.69, 9.17) is 0 Å². The molecule has 0 aliphatic carbocycles. The van der Waals surface area contributed by atoms with Crippen LogP contribution >= 0.6 is 0 Å². The minimum atomic E-state index is -0.123. The topological polar surface area (TPSA) is 92.2 Å². The maximum absolute atomic E-state index is 11.4. The normalized spacial score (nSPS) is 16.5. The quantitative estimate of drug-likeness (QED) is 0.787. The molecule has 2 aromatic heterocycles. The Morgan fingerprint density at radius 3 is 2.86 bits per heavy atom. The summed E-state index contributed by atoms with van der Waals surface area (Å²) in [5.74, 6) is 0.406. The fraction of sp³-hybridized carbons (Fsp3) is 0.267. The van der Waals surface area contributed by atoms with Crippen LogP contribution in [-0.4, -0.2) is 33.6 Å². The van der Waals surface area contributed by atoms with Gasteiger partial charge >= 0.3 is 0 Å². The zero-order valence-corrected chi connectivity index (χ0v) is 11.9. The number of carbonyl (C=O) groups is 1. The molecule has 0 aromatic carbocycles. The highest BCUT2D eigenvalue weighted by molar-refractivity contribution is 5.97. The number of anilines is 1. The van der Waals surface area contributed by atoms with Gasteiger partial charge in [-0.15, -0.1) is 0 Å². The molecule has 112 valence electrons. The zero-order valence-electron chi connectivity index (χ0n) is 11.9. The molecule has 1 amide bonds. The highest BCUT2D eigenvalue weighted by atomic mass is 16.2. The Balaban J connectivity index is 1.53. The van der Waals surface area contributed by atoms with Gasteiger partial charge in [0.15, 0.2) is 0 Å². The molecule has 0 saturated carbocycles. The lowest BCUT2D eigenvalue weighted by Gasteiger charge is -2.07. The molecule has 2 N–H and O–H groups in total. The minimum Gasteiger partial charge on any atom is -0.354 e. The predicted octanol–water partition coefficient (Wildman–Crippen LogP) is 1.46. The van der Waals surface area contributed by atoms with E-state index in [1.807, 2.05) is 24.3 Å². The van der Waals surface area contributed by atoms with Gasteiger partial charge < -0.3 is 5.32 Å². The summed E-state index contributed by atoms with van der Waals surface area (Å²) in [5.41, 5.74) is 4.02. The third-order valence-corrected chi connectivity index (χ3v) is 3.32. The Labute approximate surface area is 127 Å². The summed E-state index contributed by atoms with van der Waals surface area (Å²) in [4.78, 5) is 24.3. The first-order valence-corrected chi connectivity index (χ1v) is 7.14. The Morgan fingerprint density at radius 1 is 1.14 bits per heavy atom. The Bertz CT molecular complexity index is 673. The summed E-state index contributed by atoms with van der Waals surface area (Å²) in [6.07, 6.45) is 6.68. The molecule has 1 aliphatic heterocycles. The summed E-state index contributed by atoms with van der Waals surface area (Å²) < 4.78 is 0. The molecule has 1 unspecified atom stereocenters. The molecule has 0 saturated heterocycles. The van der Waals surface area contributed by atoms with Crippen LogP contribution in [0.2, 0.25) is 0 Å². The second-order valence-corrected chi connectivity index (χ2v) is 4.91. The van der Waals surface area contributed by atoms with E-state index in [-0.39, 0.29) is 11.8 Å². The van der Waals surface area contributed by atoms with Crippen molar-refractivity contribution < 1.29 is 4.79 Å². The molecule has 0 spiro atoms. The van der Waals surface area contributed by atoms with E-state index in [2.05, 4.69) is 30.8 Å². The molecular formula is C15H16N6O. The molecule has 1 aliphatic rings. The first kappa shape index (κ1) is 14.1. The fourth-order valence-electron chi connectivity index (χ4n) is 2.17. The van der Waals surface area contributed by atoms with Crippen LogP contribution in [-0.2, 0) is 4.79 Å². The van der Waals surface area contributed by atoms with Gasteiger partial charge in [-0.25, -0.2) is 15.4 Å². The van der Waals surface area contributed by atoms with E-state index in [1.54, 1.807) is 18.6 Å². The van der Waals surface area contributed by atoms with Gasteiger partial charge in [0.25, 0.3) is 0 Å². The number of amides is 1. The number of hydrazone groups is 1. The SMILES string of the molecule is O=C1NN=CC1CCCNc1nccc(-c2ccccn2)n1. The van der Waals surface area contributed by atoms with Crippen molar-refractivity contribution in [2.75, 3.05) is 11.9 Å². The van der Waals surface area contributed by atoms with E-state index in [1.165, 1.54) is 0 Å². The monoisotopic (exact) mass is 296 g/mol. The smallest absolute Gasteiger partial charge is 0.248 e. The van der Waals surface area contributed by atoms with Crippen molar-refractivity contribution in [2.24, 2.45) is 11.0 Å². The van der Waals surface area contributed by atoms with Crippen molar-refractivity contribution >= 4 is 18.1 Å².